The monoisotopic (exact) mass is 601 g/mol. The fourth-order valence-corrected chi connectivity index (χ4v) is 6.77. The fraction of sp³-hybridized carbons (Fsp3) is 0.516. The van der Waals surface area contributed by atoms with Crippen LogP contribution in [0.2, 0.25) is 10.0 Å². The lowest BCUT2D eigenvalue weighted by atomic mass is 9.75. The van der Waals surface area contributed by atoms with E-state index >= 15 is 0 Å². The Morgan fingerprint density at radius 3 is 2.27 bits per heavy atom. The molecule has 1 aliphatic carbocycles. The van der Waals surface area contributed by atoms with Crippen molar-refractivity contribution in [2.75, 3.05) is 32.7 Å². The van der Waals surface area contributed by atoms with Crippen LogP contribution in [-0.2, 0) is 16.0 Å². The predicted molar refractivity (Wildman–Crippen MR) is 163 cm³/mol. The second-order valence-electron chi connectivity index (χ2n) is 11.1. The average molecular weight is 603 g/mol. The van der Waals surface area contributed by atoms with Crippen molar-refractivity contribution in [1.82, 2.24) is 20.4 Å². The lowest BCUT2D eigenvalue weighted by Crippen LogP contribution is -2.66. The van der Waals surface area contributed by atoms with Crippen LogP contribution in [0.1, 0.15) is 61.4 Å². The van der Waals surface area contributed by atoms with E-state index in [1.165, 1.54) is 6.42 Å². The smallest absolute Gasteiger partial charge is 0.251 e. The molecule has 4 rings (SSSR count). The van der Waals surface area contributed by atoms with Gasteiger partial charge >= 0.3 is 0 Å². The van der Waals surface area contributed by atoms with Crippen LogP contribution in [0.4, 0.5) is 0 Å². The number of hydrogen-bond donors (Lipinski definition) is 3. The molecule has 2 aliphatic rings. The number of rotatable bonds is 10. The maximum absolute atomic E-state index is 13.8. The lowest BCUT2D eigenvalue weighted by Gasteiger charge is -2.53. The summed E-state index contributed by atoms with van der Waals surface area (Å²) in [6.45, 7) is 4.79. The number of amides is 3. The van der Waals surface area contributed by atoms with E-state index in [1.807, 2.05) is 35.2 Å². The zero-order valence-corrected chi connectivity index (χ0v) is 25.2. The van der Waals surface area contributed by atoms with E-state index in [4.69, 9.17) is 28.9 Å². The van der Waals surface area contributed by atoms with Gasteiger partial charge in [0.25, 0.3) is 5.91 Å². The summed E-state index contributed by atoms with van der Waals surface area (Å²) >= 11 is 12.5. The van der Waals surface area contributed by atoms with Crippen LogP contribution in [0.3, 0.4) is 0 Å². The number of carbonyl (C=O) groups is 3. The number of nitrogens with zero attached hydrogens (tertiary/aromatic N) is 2. The van der Waals surface area contributed by atoms with Gasteiger partial charge in [-0.15, -0.1) is 0 Å². The van der Waals surface area contributed by atoms with Gasteiger partial charge in [-0.3, -0.25) is 19.3 Å². The van der Waals surface area contributed by atoms with Crippen molar-refractivity contribution in [3.8, 4) is 0 Å². The van der Waals surface area contributed by atoms with Crippen molar-refractivity contribution in [3.63, 3.8) is 0 Å². The number of benzene rings is 2. The molecule has 4 N–H and O–H groups in total. The lowest BCUT2D eigenvalue weighted by molar-refractivity contribution is -0.139. The number of piperazine rings is 1. The van der Waals surface area contributed by atoms with Gasteiger partial charge in [0.15, 0.2) is 0 Å². The molecule has 2 fully saturated rings. The molecule has 8 nitrogen and oxygen atoms in total. The minimum Gasteiger partial charge on any atom is -0.348 e. The molecule has 1 saturated carbocycles. The molecule has 10 heteroatoms. The summed E-state index contributed by atoms with van der Waals surface area (Å²) in [5.74, 6) is -0.461. The van der Waals surface area contributed by atoms with E-state index in [9.17, 15) is 14.4 Å². The molecule has 2 aromatic carbocycles. The Hall–Kier alpha value is -2.65. The van der Waals surface area contributed by atoms with Crippen molar-refractivity contribution >= 4 is 40.9 Å². The molecule has 1 heterocycles. The molecule has 1 aliphatic heterocycles. The average Bonchev–Trinajstić information content (AvgIpc) is 2.98. The zero-order valence-electron chi connectivity index (χ0n) is 23.7. The quantitative estimate of drug-likeness (QED) is 0.381. The molecule has 222 valence electrons. The van der Waals surface area contributed by atoms with E-state index in [1.54, 1.807) is 18.2 Å². The molecular formula is C31H41Cl2N5O3. The molecule has 0 aromatic heterocycles. The minimum atomic E-state index is -0.757. The SMILES string of the molecule is CC(NC(=O)c1ccccc1)C1(N2CCN(C(=O)C(Cc3ccc(Cl)cc3Cl)NC(=O)CCN)CC2)CCCCC1. The molecule has 2 atom stereocenters. The molecule has 0 radical (unpaired) electrons. The van der Waals surface area contributed by atoms with E-state index in [0.29, 0.717) is 41.8 Å². The highest BCUT2D eigenvalue weighted by Crippen LogP contribution is 2.37. The van der Waals surface area contributed by atoms with Gasteiger partial charge < -0.3 is 21.3 Å². The molecule has 2 unspecified atom stereocenters. The molecule has 2 aromatic rings. The van der Waals surface area contributed by atoms with Crippen molar-refractivity contribution < 1.29 is 14.4 Å². The number of halogens is 2. The molecule has 0 bridgehead atoms. The Morgan fingerprint density at radius 1 is 0.951 bits per heavy atom. The first kappa shape index (κ1) is 31.3. The summed E-state index contributed by atoms with van der Waals surface area (Å²) in [4.78, 5) is 43.6. The van der Waals surface area contributed by atoms with Crippen LogP contribution >= 0.6 is 23.2 Å². The summed E-state index contributed by atoms with van der Waals surface area (Å²) in [5, 5.41) is 7.13. The maximum atomic E-state index is 13.8. The summed E-state index contributed by atoms with van der Waals surface area (Å²) in [5.41, 5.74) is 6.81. The maximum Gasteiger partial charge on any atom is 0.251 e. The Bertz CT molecular complexity index is 1200. The Labute approximate surface area is 252 Å². The first-order valence-corrected chi connectivity index (χ1v) is 15.3. The minimum absolute atomic E-state index is 0.0481. The van der Waals surface area contributed by atoms with Gasteiger partial charge in [0.1, 0.15) is 6.04 Å². The topological polar surface area (TPSA) is 108 Å². The van der Waals surface area contributed by atoms with Gasteiger partial charge in [0.05, 0.1) is 0 Å². The molecule has 1 saturated heterocycles. The number of carbonyl (C=O) groups excluding carboxylic acids is 3. The van der Waals surface area contributed by atoms with Gasteiger partial charge in [-0.05, 0) is 49.6 Å². The van der Waals surface area contributed by atoms with Gasteiger partial charge in [-0.2, -0.15) is 0 Å². The highest BCUT2D eigenvalue weighted by molar-refractivity contribution is 6.35. The Kier molecular flexibility index (Phi) is 11.1. The Balaban J connectivity index is 1.45. The normalized spacial score (nSPS) is 18.8. The number of nitrogens with one attached hydrogen (secondary N) is 2. The summed E-state index contributed by atoms with van der Waals surface area (Å²) < 4.78 is 0. The Morgan fingerprint density at radius 2 is 1.63 bits per heavy atom. The van der Waals surface area contributed by atoms with Crippen LogP contribution in [0.25, 0.3) is 0 Å². The second kappa shape index (κ2) is 14.5. The van der Waals surface area contributed by atoms with Crippen LogP contribution in [0.15, 0.2) is 48.5 Å². The third-order valence-electron chi connectivity index (χ3n) is 8.57. The fourth-order valence-electron chi connectivity index (χ4n) is 6.29. The summed E-state index contributed by atoms with van der Waals surface area (Å²) in [6, 6.07) is 13.7. The van der Waals surface area contributed by atoms with Gasteiger partial charge in [-0.25, -0.2) is 0 Å². The van der Waals surface area contributed by atoms with E-state index in [2.05, 4.69) is 22.5 Å². The van der Waals surface area contributed by atoms with Gasteiger partial charge in [-0.1, -0.05) is 66.7 Å². The van der Waals surface area contributed by atoms with Gasteiger partial charge in [0.2, 0.25) is 11.8 Å². The second-order valence-corrected chi connectivity index (χ2v) is 12.0. The van der Waals surface area contributed by atoms with Crippen molar-refractivity contribution in [1.29, 1.82) is 0 Å². The highest BCUT2D eigenvalue weighted by atomic mass is 35.5. The highest BCUT2D eigenvalue weighted by Gasteiger charge is 2.45. The van der Waals surface area contributed by atoms with Crippen LogP contribution in [0.5, 0.6) is 0 Å². The first-order valence-electron chi connectivity index (χ1n) is 14.6. The largest absolute Gasteiger partial charge is 0.348 e. The number of nitrogens with two attached hydrogens (primary N) is 1. The first-order chi connectivity index (χ1) is 19.7. The molecule has 0 spiro atoms. The van der Waals surface area contributed by atoms with E-state index in [0.717, 1.165) is 31.2 Å². The third kappa shape index (κ3) is 7.80. The van der Waals surface area contributed by atoms with Crippen LogP contribution in [-0.4, -0.2) is 77.9 Å². The standard InChI is InChI=1S/C31H41Cl2N5O3/c1-22(35-29(40)23-8-4-2-5-9-23)31(13-6-3-7-14-31)38-18-16-37(17-19-38)30(41)27(36-28(39)12-15-34)20-24-10-11-25(32)21-26(24)33/h2,4-5,8-11,21-22,27H,3,6-7,12-20,34H2,1H3,(H,35,40)(H,36,39). The van der Waals surface area contributed by atoms with Gasteiger partial charge in [0, 0.05) is 72.8 Å². The van der Waals surface area contributed by atoms with E-state index in [-0.39, 0.29) is 48.7 Å². The van der Waals surface area contributed by atoms with Crippen molar-refractivity contribution in [3.05, 3.63) is 69.7 Å². The van der Waals surface area contributed by atoms with E-state index < -0.39 is 6.04 Å². The third-order valence-corrected chi connectivity index (χ3v) is 9.16. The van der Waals surface area contributed by atoms with Crippen molar-refractivity contribution in [2.45, 2.75) is 69.5 Å². The molecular weight excluding hydrogens is 561 g/mol. The van der Waals surface area contributed by atoms with Crippen molar-refractivity contribution in [2.24, 2.45) is 5.73 Å². The van der Waals surface area contributed by atoms with Crippen LogP contribution < -0.4 is 16.4 Å². The zero-order chi connectivity index (χ0) is 29.4. The number of hydrogen-bond acceptors (Lipinski definition) is 5. The summed E-state index contributed by atoms with van der Waals surface area (Å²) in [6.07, 6.45) is 5.83. The summed E-state index contributed by atoms with van der Waals surface area (Å²) in [7, 11) is 0. The molecule has 41 heavy (non-hydrogen) atoms. The molecule has 3 amide bonds. The van der Waals surface area contributed by atoms with Crippen LogP contribution in [0, 0.1) is 0 Å². The predicted octanol–water partition coefficient (Wildman–Crippen LogP) is 4.04.